The van der Waals surface area contributed by atoms with Gasteiger partial charge in [0.15, 0.2) is 0 Å². The lowest BCUT2D eigenvalue weighted by atomic mass is 9.83. The zero-order valence-corrected chi connectivity index (χ0v) is 13.4. The topological polar surface area (TPSA) is 20.3 Å². The molecule has 0 atom stereocenters. The molecule has 20 heavy (non-hydrogen) atoms. The van der Waals surface area contributed by atoms with Crippen molar-refractivity contribution in [3.05, 3.63) is 35.4 Å². The molecule has 0 N–H and O–H groups in total. The molecule has 1 aromatic rings. The van der Waals surface area contributed by atoms with Crippen LogP contribution in [0.15, 0.2) is 24.3 Å². The van der Waals surface area contributed by atoms with Crippen LogP contribution >= 0.6 is 11.6 Å². The molecule has 0 aliphatic carbocycles. The normalized spacial score (nSPS) is 17.3. The quantitative estimate of drug-likeness (QED) is 0.753. The van der Waals surface area contributed by atoms with Crippen LogP contribution in [0, 0.1) is 5.92 Å². The Morgan fingerprint density at radius 1 is 1.25 bits per heavy atom. The van der Waals surface area contributed by atoms with Crippen LogP contribution in [0.2, 0.25) is 0 Å². The lowest BCUT2D eigenvalue weighted by Crippen LogP contribution is -2.39. The Labute approximate surface area is 127 Å². The minimum atomic E-state index is -0.0132. The van der Waals surface area contributed by atoms with Crippen LogP contribution in [0.3, 0.4) is 0 Å². The van der Waals surface area contributed by atoms with E-state index < -0.39 is 0 Å². The summed E-state index contributed by atoms with van der Waals surface area (Å²) in [4.78, 5) is 14.7. The summed E-state index contributed by atoms with van der Waals surface area (Å²) in [6, 6.07) is 7.99. The van der Waals surface area contributed by atoms with Crippen molar-refractivity contribution in [2.75, 3.05) is 19.0 Å². The van der Waals surface area contributed by atoms with Crippen molar-refractivity contribution in [2.45, 2.75) is 39.0 Å². The number of amides is 1. The number of halogens is 1. The predicted molar refractivity (Wildman–Crippen MR) is 84.5 cm³/mol. The maximum absolute atomic E-state index is 12.8. The van der Waals surface area contributed by atoms with E-state index in [4.69, 9.17) is 11.6 Å². The Hall–Kier alpha value is -1.02. The van der Waals surface area contributed by atoms with Gasteiger partial charge >= 0.3 is 0 Å². The van der Waals surface area contributed by atoms with Crippen LogP contribution in [0.25, 0.3) is 0 Å². The molecule has 1 saturated heterocycles. The van der Waals surface area contributed by atoms with Crippen LogP contribution in [0.4, 0.5) is 0 Å². The van der Waals surface area contributed by atoms with E-state index in [1.54, 1.807) is 0 Å². The van der Waals surface area contributed by atoms with Gasteiger partial charge in [0.1, 0.15) is 0 Å². The Morgan fingerprint density at radius 3 is 2.40 bits per heavy atom. The van der Waals surface area contributed by atoms with E-state index in [0.29, 0.717) is 11.8 Å². The molecular formula is C17H24ClNO. The molecule has 110 valence electrons. The van der Waals surface area contributed by atoms with Gasteiger partial charge in [0.05, 0.1) is 0 Å². The van der Waals surface area contributed by atoms with E-state index in [-0.39, 0.29) is 11.3 Å². The van der Waals surface area contributed by atoms with Crippen molar-refractivity contribution in [1.82, 2.24) is 4.90 Å². The summed E-state index contributed by atoms with van der Waals surface area (Å²) in [5.74, 6) is 1.45. The van der Waals surface area contributed by atoms with E-state index in [0.717, 1.165) is 37.1 Å². The molecule has 0 radical (unpaired) electrons. The van der Waals surface area contributed by atoms with Crippen molar-refractivity contribution < 1.29 is 4.79 Å². The third-order valence-electron chi connectivity index (χ3n) is 4.09. The highest BCUT2D eigenvalue weighted by Gasteiger charge is 2.27. The summed E-state index contributed by atoms with van der Waals surface area (Å²) in [5, 5.41) is 0. The highest BCUT2D eigenvalue weighted by Crippen LogP contribution is 2.28. The van der Waals surface area contributed by atoms with Crippen molar-refractivity contribution in [3.8, 4) is 0 Å². The zero-order chi connectivity index (χ0) is 14.8. The van der Waals surface area contributed by atoms with E-state index in [2.05, 4.69) is 26.8 Å². The largest absolute Gasteiger partial charge is 0.339 e. The third kappa shape index (κ3) is 3.35. The Morgan fingerprint density at radius 2 is 1.85 bits per heavy atom. The van der Waals surface area contributed by atoms with Crippen LogP contribution in [-0.4, -0.2) is 29.8 Å². The number of hydrogen-bond donors (Lipinski definition) is 0. The lowest BCUT2D eigenvalue weighted by molar-refractivity contribution is 0.0695. The molecule has 0 bridgehead atoms. The molecule has 1 fully saturated rings. The molecule has 2 rings (SSSR count). The smallest absolute Gasteiger partial charge is 0.254 e. The second-order valence-electron chi connectivity index (χ2n) is 6.69. The molecular weight excluding hydrogens is 270 g/mol. The summed E-state index contributed by atoms with van der Waals surface area (Å²) in [6.45, 7) is 8.11. The first-order valence-electron chi connectivity index (χ1n) is 7.38. The van der Waals surface area contributed by atoms with Crippen LogP contribution in [0.5, 0.6) is 0 Å². The molecule has 0 aromatic heterocycles. The molecule has 1 amide bonds. The number of nitrogens with zero attached hydrogens (tertiary/aromatic N) is 1. The minimum absolute atomic E-state index is 0.0132. The number of rotatable bonds is 2. The molecule has 2 nitrogen and oxygen atoms in total. The van der Waals surface area contributed by atoms with Gasteiger partial charge in [-0.2, -0.15) is 0 Å². The molecule has 1 aliphatic heterocycles. The predicted octanol–water partition coefficient (Wildman–Crippen LogP) is 4.08. The second-order valence-corrected chi connectivity index (χ2v) is 6.99. The molecule has 3 heteroatoms. The zero-order valence-electron chi connectivity index (χ0n) is 12.7. The highest BCUT2D eigenvalue weighted by molar-refractivity contribution is 6.18. The van der Waals surface area contributed by atoms with E-state index in [9.17, 15) is 4.79 Å². The number of alkyl halides is 1. The number of carbonyl (C=O) groups is 1. The van der Waals surface area contributed by atoms with Gasteiger partial charge in [-0.25, -0.2) is 0 Å². The van der Waals surface area contributed by atoms with Crippen molar-refractivity contribution in [3.63, 3.8) is 0 Å². The maximum Gasteiger partial charge on any atom is 0.254 e. The van der Waals surface area contributed by atoms with Gasteiger partial charge in [0, 0.05) is 24.5 Å². The Balaban J connectivity index is 2.18. The molecule has 0 unspecified atom stereocenters. The van der Waals surface area contributed by atoms with Crippen LogP contribution < -0.4 is 0 Å². The fourth-order valence-corrected chi connectivity index (χ4v) is 3.09. The van der Waals surface area contributed by atoms with Gasteiger partial charge in [-0.3, -0.25) is 4.79 Å². The fraction of sp³-hybridized carbons (Fsp3) is 0.588. The first-order chi connectivity index (χ1) is 9.43. The first kappa shape index (κ1) is 15.4. The first-order valence-corrected chi connectivity index (χ1v) is 7.91. The average molecular weight is 294 g/mol. The fourth-order valence-electron chi connectivity index (χ4n) is 2.78. The monoisotopic (exact) mass is 293 g/mol. The van der Waals surface area contributed by atoms with Gasteiger partial charge < -0.3 is 4.90 Å². The number of carbonyl (C=O) groups excluding carboxylic acids is 1. The van der Waals surface area contributed by atoms with Crippen LogP contribution in [0.1, 0.15) is 49.5 Å². The standard InChI is InChI=1S/C17H24ClNO/c1-17(2,3)15-7-5-4-6-14(15)16(20)19-10-8-13(12-18)9-11-19/h4-7,13H,8-12H2,1-3H3. The molecule has 0 spiro atoms. The molecule has 0 saturated carbocycles. The van der Waals surface area contributed by atoms with E-state index in [1.165, 1.54) is 0 Å². The van der Waals surface area contributed by atoms with Crippen LogP contribution in [-0.2, 0) is 5.41 Å². The average Bonchev–Trinajstić information content (AvgIpc) is 2.46. The molecule has 1 aliphatic rings. The van der Waals surface area contributed by atoms with Gasteiger partial charge in [-0.05, 0) is 35.8 Å². The number of benzene rings is 1. The number of piperidine rings is 1. The Bertz CT molecular complexity index is 470. The van der Waals surface area contributed by atoms with Crippen molar-refractivity contribution in [1.29, 1.82) is 0 Å². The maximum atomic E-state index is 12.8. The summed E-state index contributed by atoms with van der Waals surface area (Å²) >= 11 is 5.91. The number of hydrogen-bond acceptors (Lipinski definition) is 1. The summed E-state index contributed by atoms with van der Waals surface area (Å²) < 4.78 is 0. The third-order valence-corrected chi connectivity index (χ3v) is 4.52. The SMILES string of the molecule is CC(C)(C)c1ccccc1C(=O)N1CCC(CCl)CC1. The minimum Gasteiger partial charge on any atom is -0.339 e. The van der Waals surface area contributed by atoms with E-state index in [1.807, 2.05) is 23.1 Å². The van der Waals surface area contributed by atoms with Crippen molar-refractivity contribution >= 4 is 17.5 Å². The van der Waals surface area contributed by atoms with Crippen molar-refractivity contribution in [2.24, 2.45) is 5.92 Å². The van der Waals surface area contributed by atoms with Gasteiger partial charge in [-0.1, -0.05) is 39.0 Å². The van der Waals surface area contributed by atoms with Gasteiger partial charge in [-0.15, -0.1) is 11.6 Å². The Kier molecular flexibility index (Phi) is 4.74. The lowest BCUT2D eigenvalue weighted by Gasteiger charge is -2.32. The summed E-state index contributed by atoms with van der Waals surface area (Å²) in [5.41, 5.74) is 1.97. The highest BCUT2D eigenvalue weighted by atomic mass is 35.5. The molecule has 1 heterocycles. The summed E-state index contributed by atoms with van der Waals surface area (Å²) in [6.07, 6.45) is 2.04. The van der Waals surface area contributed by atoms with E-state index >= 15 is 0 Å². The second kappa shape index (κ2) is 6.17. The summed E-state index contributed by atoms with van der Waals surface area (Å²) in [7, 11) is 0. The number of likely N-dealkylation sites (tertiary alicyclic amines) is 1. The molecule has 1 aromatic carbocycles. The van der Waals surface area contributed by atoms with Gasteiger partial charge in [0.25, 0.3) is 5.91 Å². The van der Waals surface area contributed by atoms with Gasteiger partial charge in [0.2, 0.25) is 0 Å².